The van der Waals surface area contributed by atoms with Crippen molar-refractivity contribution in [1.29, 1.82) is 0 Å². The van der Waals surface area contributed by atoms with Gasteiger partial charge < -0.3 is 9.84 Å². The molecule has 0 saturated carbocycles. The van der Waals surface area contributed by atoms with Gasteiger partial charge in [0.1, 0.15) is 6.61 Å². The summed E-state index contributed by atoms with van der Waals surface area (Å²) >= 11 is 0. The Bertz CT molecular complexity index is 790. The van der Waals surface area contributed by atoms with Crippen LogP contribution in [0.4, 0.5) is 0 Å². The van der Waals surface area contributed by atoms with Crippen molar-refractivity contribution in [3.8, 4) is 17.0 Å². The Hall–Kier alpha value is -1.92. The summed E-state index contributed by atoms with van der Waals surface area (Å²) in [5, 5.41) is 9.80. The fourth-order valence-electron chi connectivity index (χ4n) is 2.01. The zero-order valence-electron chi connectivity index (χ0n) is 13.7. The third kappa shape index (κ3) is 4.77. The lowest BCUT2D eigenvalue weighted by Crippen LogP contribution is -2.28. The topological polar surface area (TPSA) is 76.5 Å². The van der Waals surface area contributed by atoms with Crippen molar-refractivity contribution in [3.63, 3.8) is 0 Å². The fourth-order valence-corrected chi connectivity index (χ4v) is 2.64. The number of aromatic nitrogens is 1. The van der Waals surface area contributed by atoms with Crippen LogP contribution in [-0.4, -0.2) is 37.0 Å². The minimum Gasteiger partial charge on any atom is -0.474 e. The van der Waals surface area contributed by atoms with E-state index in [2.05, 4.69) is 4.98 Å². The second-order valence-corrected chi connectivity index (χ2v) is 8.28. The molecule has 0 radical (unpaired) electrons. The highest BCUT2D eigenvalue weighted by atomic mass is 32.2. The van der Waals surface area contributed by atoms with E-state index >= 15 is 0 Å². The van der Waals surface area contributed by atoms with Crippen LogP contribution in [0.3, 0.4) is 0 Å². The molecule has 0 unspecified atom stereocenters. The second-order valence-electron chi connectivity index (χ2n) is 6.26. The van der Waals surface area contributed by atoms with Crippen LogP contribution in [0.2, 0.25) is 0 Å². The van der Waals surface area contributed by atoms with Gasteiger partial charge in [0.15, 0.2) is 9.84 Å². The molecular formula is C17H21NO4S. The average molecular weight is 335 g/mol. The van der Waals surface area contributed by atoms with Crippen LogP contribution in [0.15, 0.2) is 41.4 Å². The maximum atomic E-state index is 11.5. The molecule has 1 N–H and O–H groups in total. The fraction of sp³-hybridized carbons (Fsp3) is 0.353. The highest BCUT2D eigenvalue weighted by Gasteiger charge is 2.17. The molecule has 1 aromatic carbocycles. The summed E-state index contributed by atoms with van der Waals surface area (Å²) in [7, 11) is -3.23. The van der Waals surface area contributed by atoms with Crippen LogP contribution in [0.5, 0.6) is 5.88 Å². The number of benzene rings is 1. The number of aryl methyl sites for hydroxylation is 1. The molecular weight excluding hydrogens is 314 g/mol. The summed E-state index contributed by atoms with van der Waals surface area (Å²) in [6, 6.07) is 8.50. The summed E-state index contributed by atoms with van der Waals surface area (Å²) < 4.78 is 28.7. The van der Waals surface area contributed by atoms with Crippen molar-refractivity contribution in [2.24, 2.45) is 0 Å². The van der Waals surface area contributed by atoms with Crippen molar-refractivity contribution >= 4 is 9.84 Å². The van der Waals surface area contributed by atoms with E-state index in [1.807, 2.05) is 13.0 Å². The summed E-state index contributed by atoms with van der Waals surface area (Å²) in [6.07, 6.45) is 2.86. The lowest BCUT2D eigenvalue weighted by Gasteiger charge is -2.19. The van der Waals surface area contributed by atoms with Crippen molar-refractivity contribution in [1.82, 2.24) is 4.98 Å². The smallest absolute Gasteiger partial charge is 0.221 e. The highest BCUT2D eigenvalue weighted by molar-refractivity contribution is 7.90. The van der Waals surface area contributed by atoms with Crippen LogP contribution < -0.4 is 4.74 Å². The monoisotopic (exact) mass is 335 g/mol. The van der Waals surface area contributed by atoms with Gasteiger partial charge in [-0.2, -0.15) is 0 Å². The van der Waals surface area contributed by atoms with Gasteiger partial charge in [-0.3, -0.25) is 0 Å². The Balaban J connectivity index is 2.40. The number of hydrogen-bond acceptors (Lipinski definition) is 5. The molecule has 0 aliphatic heterocycles. The van der Waals surface area contributed by atoms with Gasteiger partial charge >= 0.3 is 0 Å². The molecule has 124 valence electrons. The van der Waals surface area contributed by atoms with Gasteiger partial charge in [0.05, 0.1) is 10.5 Å². The molecule has 2 rings (SSSR count). The molecule has 0 atom stereocenters. The number of ether oxygens (including phenoxy) is 1. The Morgan fingerprint density at radius 1 is 1.22 bits per heavy atom. The summed E-state index contributed by atoms with van der Waals surface area (Å²) in [5.41, 5.74) is 1.56. The third-order valence-corrected chi connectivity index (χ3v) is 4.27. The SMILES string of the molecule is Cc1cnc(OCC(C)(C)O)c(-c2ccc(S(C)(=O)=O)cc2)c1. The highest BCUT2D eigenvalue weighted by Crippen LogP contribution is 2.30. The molecule has 1 heterocycles. The first-order chi connectivity index (χ1) is 10.6. The average Bonchev–Trinajstić information content (AvgIpc) is 2.44. The molecule has 0 bridgehead atoms. The summed E-state index contributed by atoms with van der Waals surface area (Å²) in [6.45, 7) is 5.34. The van der Waals surface area contributed by atoms with Gasteiger partial charge in [0.2, 0.25) is 5.88 Å². The number of pyridine rings is 1. The maximum absolute atomic E-state index is 11.5. The van der Waals surface area contributed by atoms with Crippen molar-refractivity contribution in [2.75, 3.05) is 12.9 Å². The van der Waals surface area contributed by atoms with Gasteiger partial charge in [-0.15, -0.1) is 0 Å². The Morgan fingerprint density at radius 3 is 2.35 bits per heavy atom. The Morgan fingerprint density at radius 2 is 1.83 bits per heavy atom. The summed E-state index contributed by atoms with van der Waals surface area (Å²) in [5.74, 6) is 0.407. The number of sulfone groups is 1. The number of hydrogen-bond donors (Lipinski definition) is 1. The van der Waals surface area contributed by atoms with E-state index < -0.39 is 15.4 Å². The molecule has 0 saturated heterocycles. The second kappa shape index (κ2) is 6.29. The minimum atomic E-state index is -3.23. The van der Waals surface area contributed by atoms with Crippen LogP contribution >= 0.6 is 0 Å². The van der Waals surface area contributed by atoms with Crippen molar-refractivity contribution in [2.45, 2.75) is 31.3 Å². The zero-order chi connectivity index (χ0) is 17.3. The molecule has 23 heavy (non-hydrogen) atoms. The first kappa shape index (κ1) is 17.4. The van der Waals surface area contributed by atoms with E-state index in [1.54, 1.807) is 44.3 Å². The van der Waals surface area contributed by atoms with E-state index in [1.165, 1.54) is 6.26 Å². The normalized spacial score (nSPS) is 12.2. The standard InChI is InChI=1S/C17H21NO4S/c1-12-9-15(16(18-10-12)22-11-17(2,3)19)13-5-7-14(8-6-13)23(4,20)21/h5-10,19H,11H2,1-4H3. The molecule has 0 spiro atoms. The maximum Gasteiger partial charge on any atom is 0.221 e. The van der Waals surface area contributed by atoms with E-state index in [9.17, 15) is 13.5 Å². The molecule has 0 amide bonds. The molecule has 0 aliphatic rings. The van der Waals surface area contributed by atoms with Gasteiger partial charge in [-0.05, 0) is 50.1 Å². The van der Waals surface area contributed by atoms with Gasteiger partial charge in [-0.25, -0.2) is 13.4 Å². The minimum absolute atomic E-state index is 0.109. The Kier molecular flexibility index (Phi) is 4.77. The van der Waals surface area contributed by atoms with Crippen LogP contribution in [-0.2, 0) is 9.84 Å². The van der Waals surface area contributed by atoms with Crippen LogP contribution in [0.1, 0.15) is 19.4 Å². The quantitative estimate of drug-likeness (QED) is 0.909. The van der Waals surface area contributed by atoms with Crippen LogP contribution in [0.25, 0.3) is 11.1 Å². The van der Waals surface area contributed by atoms with E-state index in [4.69, 9.17) is 4.74 Å². The Labute approximate surface area is 136 Å². The van der Waals surface area contributed by atoms with Gasteiger partial charge in [-0.1, -0.05) is 12.1 Å². The summed E-state index contributed by atoms with van der Waals surface area (Å²) in [4.78, 5) is 4.54. The van der Waals surface area contributed by atoms with E-state index in [-0.39, 0.29) is 11.5 Å². The van der Waals surface area contributed by atoms with E-state index in [0.717, 1.165) is 16.7 Å². The van der Waals surface area contributed by atoms with Gasteiger partial charge in [0.25, 0.3) is 0 Å². The number of aliphatic hydroxyl groups is 1. The molecule has 0 fully saturated rings. The molecule has 5 nitrogen and oxygen atoms in total. The van der Waals surface area contributed by atoms with Gasteiger partial charge in [0, 0.05) is 18.0 Å². The molecule has 0 aliphatic carbocycles. The third-order valence-electron chi connectivity index (χ3n) is 3.14. The number of nitrogens with zero attached hydrogens (tertiary/aromatic N) is 1. The first-order valence-electron chi connectivity index (χ1n) is 7.18. The predicted octanol–water partition coefficient (Wildman–Crippen LogP) is 2.61. The lowest BCUT2D eigenvalue weighted by atomic mass is 10.1. The van der Waals surface area contributed by atoms with Crippen LogP contribution in [0, 0.1) is 6.92 Å². The largest absolute Gasteiger partial charge is 0.474 e. The molecule has 1 aromatic heterocycles. The molecule has 2 aromatic rings. The van der Waals surface area contributed by atoms with Crippen molar-refractivity contribution < 1.29 is 18.3 Å². The number of rotatable bonds is 5. The molecule has 6 heteroatoms. The van der Waals surface area contributed by atoms with Crippen molar-refractivity contribution in [3.05, 3.63) is 42.1 Å². The zero-order valence-corrected chi connectivity index (χ0v) is 14.5. The first-order valence-corrected chi connectivity index (χ1v) is 9.08. The predicted molar refractivity (Wildman–Crippen MR) is 89.3 cm³/mol. The van der Waals surface area contributed by atoms with E-state index in [0.29, 0.717) is 5.88 Å². The lowest BCUT2D eigenvalue weighted by molar-refractivity contribution is 0.0271.